The van der Waals surface area contributed by atoms with Gasteiger partial charge in [0, 0.05) is 32.7 Å². The van der Waals surface area contributed by atoms with Gasteiger partial charge in [0.05, 0.1) is 12.0 Å². The molecule has 2 aromatic rings. The van der Waals surface area contributed by atoms with Crippen LogP contribution in [0.2, 0.25) is 0 Å². The van der Waals surface area contributed by atoms with Gasteiger partial charge < -0.3 is 9.64 Å². The van der Waals surface area contributed by atoms with Crippen LogP contribution in [0.3, 0.4) is 0 Å². The fraction of sp³-hybridized carbons (Fsp3) is 0.350. The summed E-state index contributed by atoms with van der Waals surface area (Å²) in [5.41, 5.74) is 2.70. The van der Waals surface area contributed by atoms with E-state index in [0.29, 0.717) is 25.8 Å². The number of benzene rings is 2. The summed E-state index contributed by atoms with van der Waals surface area (Å²) in [5, 5.41) is 0. The molecule has 1 amide bonds. The van der Waals surface area contributed by atoms with Crippen LogP contribution < -0.4 is 9.64 Å². The standard InChI is InChI=1S/C20H24N2O4S/c1-21(2)27(24,25)17-9-10-18-16(14-17)12-13-22(18)20(23)11-8-15-6-4-5-7-19(15)26-3/h4-7,9-10,14H,8,11-13H2,1-3H3. The van der Waals surface area contributed by atoms with E-state index in [0.717, 1.165) is 22.6 Å². The Bertz CT molecular complexity index is 954. The Hall–Kier alpha value is -2.38. The van der Waals surface area contributed by atoms with Crippen molar-refractivity contribution >= 4 is 21.6 Å². The molecule has 27 heavy (non-hydrogen) atoms. The van der Waals surface area contributed by atoms with E-state index in [9.17, 15) is 13.2 Å². The number of nitrogens with zero attached hydrogens (tertiary/aromatic N) is 2. The topological polar surface area (TPSA) is 66.9 Å². The van der Waals surface area contributed by atoms with Crippen LogP contribution in [0.25, 0.3) is 0 Å². The van der Waals surface area contributed by atoms with E-state index < -0.39 is 10.0 Å². The van der Waals surface area contributed by atoms with Gasteiger partial charge in [-0.3, -0.25) is 4.79 Å². The maximum Gasteiger partial charge on any atom is 0.242 e. The summed E-state index contributed by atoms with van der Waals surface area (Å²) in [7, 11) is 1.17. The van der Waals surface area contributed by atoms with Crippen LogP contribution in [0.5, 0.6) is 5.75 Å². The van der Waals surface area contributed by atoms with Gasteiger partial charge >= 0.3 is 0 Å². The maximum absolute atomic E-state index is 12.7. The Morgan fingerprint density at radius 1 is 1.19 bits per heavy atom. The second-order valence-electron chi connectivity index (χ2n) is 6.69. The van der Waals surface area contributed by atoms with Crippen molar-refractivity contribution in [2.45, 2.75) is 24.2 Å². The Kier molecular flexibility index (Phi) is 5.53. The van der Waals surface area contributed by atoms with Crippen molar-refractivity contribution in [3.8, 4) is 5.75 Å². The van der Waals surface area contributed by atoms with E-state index in [4.69, 9.17) is 4.74 Å². The van der Waals surface area contributed by atoms with Crippen molar-refractivity contribution in [1.29, 1.82) is 0 Å². The summed E-state index contributed by atoms with van der Waals surface area (Å²) in [5.74, 6) is 0.813. The van der Waals surface area contributed by atoms with Gasteiger partial charge in [-0.15, -0.1) is 0 Å². The number of fused-ring (bicyclic) bond motifs is 1. The van der Waals surface area contributed by atoms with Crippen molar-refractivity contribution < 1.29 is 17.9 Å². The van der Waals surface area contributed by atoms with Gasteiger partial charge in [0.15, 0.2) is 0 Å². The van der Waals surface area contributed by atoms with Gasteiger partial charge in [0.1, 0.15) is 5.75 Å². The third-order valence-corrected chi connectivity index (χ3v) is 6.64. The molecule has 0 radical (unpaired) electrons. The van der Waals surface area contributed by atoms with Gasteiger partial charge in [0.25, 0.3) is 0 Å². The number of methoxy groups -OCH3 is 1. The highest BCUT2D eigenvalue weighted by Crippen LogP contribution is 2.31. The average Bonchev–Trinajstić information content (AvgIpc) is 3.09. The highest BCUT2D eigenvalue weighted by atomic mass is 32.2. The third-order valence-electron chi connectivity index (χ3n) is 4.83. The zero-order valence-corrected chi connectivity index (χ0v) is 16.6. The summed E-state index contributed by atoms with van der Waals surface area (Å²) in [4.78, 5) is 14.7. The van der Waals surface area contributed by atoms with Crippen LogP contribution in [-0.4, -0.2) is 46.4 Å². The monoisotopic (exact) mass is 388 g/mol. The van der Waals surface area contributed by atoms with Crippen molar-refractivity contribution in [1.82, 2.24) is 4.31 Å². The fourth-order valence-corrected chi connectivity index (χ4v) is 4.25. The minimum atomic E-state index is -3.47. The highest BCUT2D eigenvalue weighted by Gasteiger charge is 2.27. The number of carbonyl (C=O) groups is 1. The largest absolute Gasteiger partial charge is 0.496 e. The molecule has 7 heteroatoms. The smallest absolute Gasteiger partial charge is 0.242 e. The van der Waals surface area contributed by atoms with Gasteiger partial charge in [-0.25, -0.2) is 12.7 Å². The van der Waals surface area contributed by atoms with Crippen LogP contribution in [0.1, 0.15) is 17.5 Å². The summed E-state index contributed by atoms with van der Waals surface area (Å²) < 4.78 is 31.1. The lowest BCUT2D eigenvalue weighted by molar-refractivity contribution is -0.118. The number of amides is 1. The minimum Gasteiger partial charge on any atom is -0.496 e. The fourth-order valence-electron chi connectivity index (χ4n) is 3.29. The van der Waals surface area contributed by atoms with E-state index in [1.807, 2.05) is 24.3 Å². The first-order valence-corrected chi connectivity index (χ1v) is 10.3. The molecule has 144 valence electrons. The number of rotatable bonds is 6. The first-order valence-electron chi connectivity index (χ1n) is 8.82. The van der Waals surface area contributed by atoms with E-state index in [1.165, 1.54) is 18.4 Å². The lowest BCUT2D eigenvalue weighted by atomic mass is 10.1. The zero-order valence-electron chi connectivity index (χ0n) is 15.8. The lowest BCUT2D eigenvalue weighted by Crippen LogP contribution is -2.29. The first-order chi connectivity index (χ1) is 12.8. The second kappa shape index (κ2) is 7.70. The number of hydrogen-bond acceptors (Lipinski definition) is 4. The molecular formula is C20H24N2O4S. The normalized spacial score (nSPS) is 13.7. The van der Waals surface area contributed by atoms with E-state index in [2.05, 4.69) is 0 Å². The molecule has 1 aliphatic heterocycles. The van der Waals surface area contributed by atoms with Gasteiger partial charge in [-0.1, -0.05) is 18.2 Å². The molecule has 0 saturated heterocycles. The maximum atomic E-state index is 12.7. The predicted octanol–water partition coefficient (Wildman–Crippen LogP) is 2.47. The van der Waals surface area contributed by atoms with E-state index in [1.54, 1.807) is 30.2 Å². The Labute approximate surface area is 160 Å². The Morgan fingerprint density at radius 2 is 1.93 bits per heavy atom. The molecule has 0 saturated carbocycles. The summed E-state index contributed by atoms with van der Waals surface area (Å²) in [6.45, 7) is 0.575. The quantitative estimate of drug-likeness (QED) is 0.762. The van der Waals surface area contributed by atoms with Gasteiger partial charge in [-0.05, 0) is 48.2 Å². The second-order valence-corrected chi connectivity index (χ2v) is 8.84. The summed E-state index contributed by atoms with van der Waals surface area (Å²) in [6, 6.07) is 12.7. The number of aryl methyl sites for hydroxylation is 1. The molecule has 0 unspecified atom stereocenters. The van der Waals surface area contributed by atoms with Crippen molar-refractivity contribution in [3.63, 3.8) is 0 Å². The van der Waals surface area contributed by atoms with Crippen molar-refractivity contribution in [3.05, 3.63) is 53.6 Å². The highest BCUT2D eigenvalue weighted by molar-refractivity contribution is 7.89. The number of hydrogen-bond donors (Lipinski definition) is 0. The molecule has 0 spiro atoms. The van der Waals surface area contributed by atoms with Crippen LogP contribution in [0.15, 0.2) is 47.4 Å². The zero-order chi connectivity index (χ0) is 19.6. The third kappa shape index (κ3) is 3.84. The summed E-state index contributed by atoms with van der Waals surface area (Å²) in [6.07, 6.45) is 1.63. The lowest BCUT2D eigenvalue weighted by Gasteiger charge is -2.18. The average molecular weight is 388 g/mol. The Balaban J connectivity index is 1.75. The first kappa shape index (κ1) is 19.4. The molecule has 0 bridgehead atoms. The number of carbonyl (C=O) groups excluding carboxylic acids is 1. The molecule has 0 atom stereocenters. The van der Waals surface area contributed by atoms with E-state index >= 15 is 0 Å². The predicted molar refractivity (Wildman–Crippen MR) is 105 cm³/mol. The van der Waals surface area contributed by atoms with Crippen molar-refractivity contribution in [2.24, 2.45) is 0 Å². The minimum absolute atomic E-state index is 0.0304. The molecule has 1 aliphatic rings. The van der Waals surface area contributed by atoms with E-state index in [-0.39, 0.29) is 10.8 Å². The number of sulfonamides is 1. The number of ether oxygens (including phenoxy) is 1. The van der Waals surface area contributed by atoms with Gasteiger partial charge in [-0.2, -0.15) is 0 Å². The molecular weight excluding hydrogens is 364 g/mol. The number of anilines is 1. The van der Waals surface area contributed by atoms with Crippen LogP contribution in [-0.2, 0) is 27.7 Å². The molecule has 0 N–H and O–H groups in total. The molecule has 3 rings (SSSR count). The SMILES string of the molecule is COc1ccccc1CCC(=O)N1CCc2cc(S(=O)(=O)N(C)C)ccc21. The van der Waals surface area contributed by atoms with Gasteiger partial charge in [0.2, 0.25) is 15.9 Å². The van der Waals surface area contributed by atoms with Crippen LogP contribution in [0, 0.1) is 0 Å². The number of para-hydroxylation sites is 1. The van der Waals surface area contributed by atoms with Crippen molar-refractivity contribution in [2.75, 3.05) is 32.6 Å². The molecule has 6 nitrogen and oxygen atoms in total. The molecule has 0 aromatic heterocycles. The molecule has 0 aliphatic carbocycles. The van der Waals surface area contributed by atoms with Crippen LogP contribution in [0.4, 0.5) is 5.69 Å². The molecule has 2 aromatic carbocycles. The molecule has 1 heterocycles. The van der Waals surface area contributed by atoms with Crippen LogP contribution >= 0.6 is 0 Å². The summed E-state index contributed by atoms with van der Waals surface area (Å²) >= 11 is 0. The Morgan fingerprint density at radius 3 is 2.63 bits per heavy atom. The molecule has 0 fully saturated rings.